The zero-order valence-corrected chi connectivity index (χ0v) is 14.9. The Balaban J connectivity index is 1.79. The number of hydrogen-bond acceptors (Lipinski definition) is 3. The van der Waals surface area contributed by atoms with Crippen LogP contribution in [0, 0.1) is 5.82 Å². The van der Waals surface area contributed by atoms with Gasteiger partial charge in [-0.1, -0.05) is 36.4 Å². The molecule has 0 atom stereocenters. The molecule has 0 fully saturated rings. The standard InChI is InChI=1S/C24H16FNO2/c25-16-4-1-3-15(11-16)22-13-19(14-7-9-17(27)10-8-14)21-12-20-18(24(21)26-22)5-2-6-23(20)28/h1-11,13,27-28H,12H2. The summed E-state index contributed by atoms with van der Waals surface area (Å²) in [5.41, 5.74) is 6.81. The fraction of sp³-hybridized carbons (Fsp3) is 0.0417. The highest BCUT2D eigenvalue weighted by atomic mass is 19.1. The number of pyridine rings is 1. The molecule has 0 spiro atoms. The average Bonchev–Trinajstić information content (AvgIpc) is 3.08. The van der Waals surface area contributed by atoms with E-state index >= 15 is 0 Å². The van der Waals surface area contributed by atoms with E-state index in [1.807, 2.05) is 30.3 Å². The molecule has 4 aromatic rings. The van der Waals surface area contributed by atoms with Crippen LogP contribution in [0.2, 0.25) is 0 Å². The molecule has 0 unspecified atom stereocenters. The summed E-state index contributed by atoms with van der Waals surface area (Å²) in [7, 11) is 0. The van der Waals surface area contributed by atoms with E-state index in [0.717, 1.165) is 33.5 Å². The van der Waals surface area contributed by atoms with Crippen molar-refractivity contribution in [3.8, 4) is 45.1 Å². The molecular weight excluding hydrogens is 353 g/mol. The molecule has 0 amide bonds. The predicted octanol–water partition coefficient (Wildman–Crippen LogP) is 5.54. The van der Waals surface area contributed by atoms with Crippen molar-refractivity contribution < 1.29 is 14.6 Å². The molecule has 0 bridgehead atoms. The molecule has 3 nitrogen and oxygen atoms in total. The first-order valence-corrected chi connectivity index (χ1v) is 9.00. The maximum Gasteiger partial charge on any atom is 0.123 e. The van der Waals surface area contributed by atoms with E-state index in [4.69, 9.17) is 4.98 Å². The SMILES string of the molecule is Oc1ccc(-c2cc(-c3cccc(F)c3)nc3c2Cc2c(O)cccc2-3)cc1. The summed E-state index contributed by atoms with van der Waals surface area (Å²) in [5, 5.41) is 20.0. The molecule has 3 aromatic carbocycles. The summed E-state index contributed by atoms with van der Waals surface area (Å²) in [6, 6.07) is 20.7. The molecule has 2 N–H and O–H groups in total. The summed E-state index contributed by atoms with van der Waals surface area (Å²) >= 11 is 0. The predicted molar refractivity (Wildman–Crippen MR) is 107 cm³/mol. The van der Waals surface area contributed by atoms with Gasteiger partial charge in [-0.05, 0) is 53.1 Å². The second-order valence-corrected chi connectivity index (χ2v) is 6.92. The van der Waals surface area contributed by atoms with Crippen LogP contribution in [-0.4, -0.2) is 15.2 Å². The Bertz CT molecular complexity index is 1220. The van der Waals surface area contributed by atoms with Crippen LogP contribution < -0.4 is 0 Å². The highest BCUT2D eigenvalue weighted by molar-refractivity contribution is 5.86. The van der Waals surface area contributed by atoms with E-state index in [1.54, 1.807) is 30.3 Å². The van der Waals surface area contributed by atoms with Crippen molar-refractivity contribution in [2.24, 2.45) is 0 Å². The number of aromatic hydroxyl groups is 2. The smallest absolute Gasteiger partial charge is 0.123 e. The van der Waals surface area contributed by atoms with Crippen molar-refractivity contribution in [2.75, 3.05) is 0 Å². The normalized spacial score (nSPS) is 11.9. The van der Waals surface area contributed by atoms with Crippen molar-refractivity contribution >= 4 is 0 Å². The molecule has 1 aliphatic rings. The highest BCUT2D eigenvalue weighted by Crippen LogP contribution is 2.45. The second kappa shape index (κ2) is 6.20. The van der Waals surface area contributed by atoms with Crippen molar-refractivity contribution in [1.82, 2.24) is 4.98 Å². The maximum absolute atomic E-state index is 13.8. The molecule has 5 rings (SSSR count). The number of aromatic nitrogens is 1. The van der Waals surface area contributed by atoms with Crippen LogP contribution in [0.5, 0.6) is 11.5 Å². The minimum atomic E-state index is -0.316. The van der Waals surface area contributed by atoms with Crippen LogP contribution in [0.4, 0.5) is 4.39 Å². The van der Waals surface area contributed by atoms with E-state index < -0.39 is 0 Å². The number of benzene rings is 3. The van der Waals surface area contributed by atoms with Gasteiger partial charge in [0.15, 0.2) is 0 Å². The third-order valence-electron chi connectivity index (χ3n) is 5.18. The van der Waals surface area contributed by atoms with Crippen molar-refractivity contribution in [2.45, 2.75) is 6.42 Å². The Hall–Kier alpha value is -3.66. The molecule has 0 saturated heterocycles. The molecule has 28 heavy (non-hydrogen) atoms. The second-order valence-electron chi connectivity index (χ2n) is 6.92. The van der Waals surface area contributed by atoms with Crippen LogP contribution >= 0.6 is 0 Å². The van der Waals surface area contributed by atoms with Gasteiger partial charge in [0.25, 0.3) is 0 Å². The van der Waals surface area contributed by atoms with E-state index in [9.17, 15) is 14.6 Å². The zero-order valence-electron chi connectivity index (χ0n) is 14.9. The molecule has 1 aromatic heterocycles. The lowest BCUT2D eigenvalue weighted by Gasteiger charge is -2.12. The molecule has 4 heteroatoms. The first kappa shape index (κ1) is 16.5. The monoisotopic (exact) mass is 369 g/mol. The summed E-state index contributed by atoms with van der Waals surface area (Å²) in [4.78, 5) is 4.82. The number of fused-ring (bicyclic) bond motifs is 3. The number of hydrogen-bond donors (Lipinski definition) is 2. The molecule has 1 aliphatic carbocycles. The topological polar surface area (TPSA) is 53.4 Å². The van der Waals surface area contributed by atoms with Crippen LogP contribution in [0.3, 0.4) is 0 Å². The summed E-state index contributed by atoms with van der Waals surface area (Å²) in [5.74, 6) is 0.129. The fourth-order valence-electron chi connectivity index (χ4n) is 3.83. The lowest BCUT2D eigenvalue weighted by molar-refractivity contribution is 0.470. The van der Waals surface area contributed by atoms with Crippen molar-refractivity contribution in [1.29, 1.82) is 0 Å². The third-order valence-corrected chi connectivity index (χ3v) is 5.18. The van der Waals surface area contributed by atoms with Crippen molar-refractivity contribution in [3.63, 3.8) is 0 Å². The van der Waals surface area contributed by atoms with Gasteiger partial charge < -0.3 is 10.2 Å². The number of phenols is 2. The first-order chi connectivity index (χ1) is 13.6. The summed E-state index contributed by atoms with van der Waals surface area (Å²) < 4.78 is 13.8. The van der Waals surface area contributed by atoms with Crippen LogP contribution in [0.25, 0.3) is 33.6 Å². The third kappa shape index (κ3) is 2.62. The quantitative estimate of drug-likeness (QED) is 0.430. The largest absolute Gasteiger partial charge is 0.508 e. The molecular formula is C24H16FNO2. The van der Waals surface area contributed by atoms with Gasteiger partial charge in [-0.25, -0.2) is 9.37 Å². The number of phenolic OH excluding ortho intramolecular Hbond substituents is 2. The van der Waals surface area contributed by atoms with Crippen LogP contribution in [-0.2, 0) is 6.42 Å². The summed E-state index contributed by atoms with van der Waals surface area (Å²) in [6.07, 6.45) is 0.573. The van der Waals surface area contributed by atoms with Gasteiger partial charge in [0.2, 0.25) is 0 Å². The molecule has 0 aliphatic heterocycles. The Morgan fingerprint density at radius 2 is 1.54 bits per heavy atom. The molecule has 1 heterocycles. The van der Waals surface area contributed by atoms with Crippen molar-refractivity contribution in [3.05, 3.63) is 89.7 Å². The van der Waals surface area contributed by atoms with Gasteiger partial charge in [-0.15, -0.1) is 0 Å². The first-order valence-electron chi connectivity index (χ1n) is 9.00. The highest BCUT2D eigenvalue weighted by Gasteiger charge is 2.26. The van der Waals surface area contributed by atoms with Gasteiger partial charge in [0.1, 0.15) is 17.3 Å². The zero-order chi connectivity index (χ0) is 19.3. The lowest BCUT2D eigenvalue weighted by atomic mass is 9.96. The van der Waals surface area contributed by atoms with Gasteiger partial charge >= 0.3 is 0 Å². The number of halogens is 1. The van der Waals surface area contributed by atoms with Crippen LogP contribution in [0.15, 0.2) is 72.8 Å². The summed E-state index contributed by atoms with van der Waals surface area (Å²) in [6.45, 7) is 0. The van der Waals surface area contributed by atoms with Gasteiger partial charge in [-0.3, -0.25) is 0 Å². The van der Waals surface area contributed by atoms with E-state index in [2.05, 4.69) is 0 Å². The molecule has 0 saturated carbocycles. The average molecular weight is 369 g/mol. The minimum absolute atomic E-state index is 0.195. The van der Waals surface area contributed by atoms with Gasteiger partial charge in [0.05, 0.1) is 11.4 Å². The van der Waals surface area contributed by atoms with Gasteiger partial charge in [0, 0.05) is 23.1 Å². The molecule has 0 radical (unpaired) electrons. The number of rotatable bonds is 2. The Morgan fingerprint density at radius 1 is 0.750 bits per heavy atom. The van der Waals surface area contributed by atoms with E-state index in [1.165, 1.54) is 12.1 Å². The van der Waals surface area contributed by atoms with E-state index in [0.29, 0.717) is 17.7 Å². The Morgan fingerprint density at radius 3 is 2.32 bits per heavy atom. The van der Waals surface area contributed by atoms with E-state index in [-0.39, 0.29) is 17.3 Å². The Kier molecular flexibility index (Phi) is 3.66. The minimum Gasteiger partial charge on any atom is -0.508 e. The fourth-order valence-corrected chi connectivity index (χ4v) is 3.83. The van der Waals surface area contributed by atoms with Crippen LogP contribution in [0.1, 0.15) is 11.1 Å². The Labute approximate surface area is 161 Å². The lowest BCUT2D eigenvalue weighted by Crippen LogP contribution is -1.94. The molecule has 136 valence electrons. The maximum atomic E-state index is 13.8. The van der Waals surface area contributed by atoms with Gasteiger partial charge in [-0.2, -0.15) is 0 Å². The number of nitrogens with zero attached hydrogens (tertiary/aromatic N) is 1.